The second kappa shape index (κ2) is 5.94. The van der Waals surface area contributed by atoms with Crippen LogP contribution in [0.5, 0.6) is 0 Å². The predicted octanol–water partition coefficient (Wildman–Crippen LogP) is 6.73. The molecule has 4 heterocycles. The molecule has 4 aromatic heterocycles. The highest BCUT2D eigenvalue weighted by Gasteiger charge is 2.49. The highest BCUT2D eigenvalue weighted by Crippen LogP contribution is 2.63. The van der Waals surface area contributed by atoms with Crippen LogP contribution in [0.1, 0.15) is 79.4 Å². The van der Waals surface area contributed by atoms with Gasteiger partial charge in [0.1, 0.15) is 11.2 Å². The molecule has 2 saturated carbocycles. The minimum absolute atomic E-state index is 0.464. The molecular weight excluding hydrogens is 376 g/mol. The van der Waals surface area contributed by atoms with E-state index in [1.807, 2.05) is 15.9 Å². The summed E-state index contributed by atoms with van der Waals surface area (Å²) in [6, 6.07) is 2.24. The number of nitrogens with zero attached hydrogens (tertiary/aromatic N) is 3. The van der Waals surface area contributed by atoms with E-state index in [0.717, 1.165) is 22.5 Å². The molecule has 0 radical (unpaired) electrons. The molecule has 0 saturated heterocycles. The molecule has 5 heteroatoms. The van der Waals surface area contributed by atoms with Crippen molar-refractivity contribution in [1.82, 2.24) is 19.6 Å². The lowest BCUT2D eigenvalue weighted by Crippen LogP contribution is -2.41. The minimum Gasteiger partial charge on any atom is -0.346 e. The Hall–Kier alpha value is -2.14. The largest absolute Gasteiger partial charge is 0.346 e. The fourth-order valence-corrected chi connectivity index (χ4v) is 7.26. The molecule has 2 fully saturated rings. The Morgan fingerprint density at radius 1 is 1.24 bits per heavy atom. The van der Waals surface area contributed by atoms with Gasteiger partial charge in [0.05, 0.1) is 5.69 Å². The Labute approximate surface area is 175 Å². The number of nitrogens with one attached hydrogen (secondary N) is 1. The SMILES string of the molecule is Cc1c(C2CC3(CCC3)C2)sc2[nH]c(-c3cc(C)c4ncnn4c3)c(C(C)C)c12. The summed E-state index contributed by atoms with van der Waals surface area (Å²) in [5, 5.41) is 5.85. The van der Waals surface area contributed by atoms with Crippen molar-refractivity contribution in [2.45, 2.75) is 71.6 Å². The maximum Gasteiger partial charge on any atom is 0.158 e. The molecule has 6 rings (SSSR count). The highest BCUT2D eigenvalue weighted by molar-refractivity contribution is 7.19. The quantitative estimate of drug-likeness (QED) is 0.411. The van der Waals surface area contributed by atoms with Crippen molar-refractivity contribution in [2.75, 3.05) is 0 Å². The molecule has 0 amide bonds. The number of aromatic nitrogens is 4. The summed E-state index contributed by atoms with van der Waals surface area (Å²) in [5.74, 6) is 1.25. The van der Waals surface area contributed by atoms with Gasteiger partial charge in [0.25, 0.3) is 0 Å². The Morgan fingerprint density at radius 2 is 2.03 bits per heavy atom. The number of fused-ring (bicyclic) bond motifs is 2. The maximum absolute atomic E-state index is 4.38. The van der Waals surface area contributed by atoms with E-state index in [1.54, 1.807) is 11.2 Å². The van der Waals surface area contributed by atoms with Crippen LogP contribution in [0.3, 0.4) is 0 Å². The molecule has 1 spiro atoms. The van der Waals surface area contributed by atoms with Crippen molar-refractivity contribution in [2.24, 2.45) is 5.41 Å². The Morgan fingerprint density at radius 3 is 2.72 bits per heavy atom. The van der Waals surface area contributed by atoms with Crippen molar-refractivity contribution < 1.29 is 0 Å². The predicted molar refractivity (Wildman–Crippen MR) is 120 cm³/mol. The minimum atomic E-state index is 0.464. The number of H-pyrrole nitrogens is 1. The smallest absolute Gasteiger partial charge is 0.158 e. The van der Waals surface area contributed by atoms with Gasteiger partial charge in [-0.2, -0.15) is 5.10 Å². The summed E-state index contributed by atoms with van der Waals surface area (Å²) < 4.78 is 1.90. The number of pyridine rings is 1. The first kappa shape index (κ1) is 17.7. The molecule has 4 aromatic rings. The molecule has 2 aliphatic carbocycles. The zero-order valence-corrected chi connectivity index (χ0v) is 18.5. The fourth-order valence-electron chi connectivity index (χ4n) is 5.93. The van der Waals surface area contributed by atoms with E-state index in [0.29, 0.717) is 5.92 Å². The standard InChI is InChI=1S/C24H28N4S/c1-13(2)18-19-15(4)21(17-9-24(10-17)6-5-7-24)29-23(19)27-20(18)16-8-14(3)22-25-12-26-28(22)11-16/h8,11-13,17,27H,5-7,9-10H2,1-4H3. The molecule has 2 aliphatic rings. The molecular formula is C24H28N4S. The second-order valence-corrected chi connectivity index (χ2v) is 10.8. The van der Waals surface area contributed by atoms with Crippen LogP contribution >= 0.6 is 11.3 Å². The molecule has 0 bridgehead atoms. The lowest BCUT2D eigenvalue weighted by molar-refractivity contribution is 0.0100. The molecule has 4 nitrogen and oxygen atoms in total. The molecule has 0 unspecified atom stereocenters. The number of aromatic amines is 1. The average Bonchev–Trinajstić information content (AvgIpc) is 3.28. The first-order valence-electron chi connectivity index (χ1n) is 10.9. The van der Waals surface area contributed by atoms with E-state index in [-0.39, 0.29) is 0 Å². The van der Waals surface area contributed by atoms with Gasteiger partial charge in [-0.3, -0.25) is 0 Å². The zero-order valence-electron chi connectivity index (χ0n) is 17.7. The van der Waals surface area contributed by atoms with Gasteiger partial charge in [0.2, 0.25) is 0 Å². The molecule has 150 valence electrons. The van der Waals surface area contributed by atoms with Crippen LogP contribution < -0.4 is 0 Å². The summed E-state index contributed by atoms with van der Waals surface area (Å²) in [6.45, 7) is 9.10. The number of hydrogen-bond acceptors (Lipinski definition) is 3. The molecule has 29 heavy (non-hydrogen) atoms. The van der Waals surface area contributed by atoms with Gasteiger partial charge < -0.3 is 4.98 Å². The number of rotatable bonds is 3. The van der Waals surface area contributed by atoms with E-state index < -0.39 is 0 Å². The first-order chi connectivity index (χ1) is 14.0. The Balaban J connectivity index is 1.48. The van der Waals surface area contributed by atoms with Crippen LogP contribution in [-0.4, -0.2) is 19.6 Å². The number of hydrogen-bond donors (Lipinski definition) is 1. The summed E-state index contributed by atoms with van der Waals surface area (Å²) in [4.78, 5) is 11.2. The van der Waals surface area contributed by atoms with Crippen LogP contribution in [-0.2, 0) is 0 Å². The van der Waals surface area contributed by atoms with Crippen LogP contribution in [0.2, 0.25) is 0 Å². The zero-order chi connectivity index (χ0) is 19.9. The summed E-state index contributed by atoms with van der Waals surface area (Å²) in [7, 11) is 0. The van der Waals surface area contributed by atoms with Crippen molar-refractivity contribution >= 4 is 27.2 Å². The topological polar surface area (TPSA) is 46.0 Å². The van der Waals surface area contributed by atoms with E-state index >= 15 is 0 Å². The lowest BCUT2D eigenvalue weighted by atomic mass is 9.51. The van der Waals surface area contributed by atoms with E-state index in [1.165, 1.54) is 64.7 Å². The van der Waals surface area contributed by atoms with Gasteiger partial charge in [-0.25, -0.2) is 9.50 Å². The molecule has 0 aromatic carbocycles. The highest BCUT2D eigenvalue weighted by atomic mass is 32.1. The fraction of sp³-hybridized carbons (Fsp3) is 0.500. The third-order valence-corrected chi connectivity index (χ3v) is 8.90. The molecule has 0 atom stereocenters. The first-order valence-corrected chi connectivity index (χ1v) is 11.7. The number of aryl methyl sites for hydroxylation is 2. The van der Waals surface area contributed by atoms with E-state index in [4.69, 9.17) is 0 Å². The normalized spacial score (nSPS) is 18.8. The summed E-state index contributed by atoms with van der Waals surface area (Å²) in [6.07, 6.45) is 11.0. The molecule has 1 N–H and O–H groups in total. The Kier molecular flexibility index (Phi) is 3.63. The maximum atomic E-state index is 4.38. The van der Waals surface area contributed by atoms with Crippen molar-refractivity contribution in [1.29, 1.82) is 0 Å². The van der Waals surface area contributed by atoms with Crippen LogP contribution in [0.25, 0.3) is 27.1 Å². The number of thiophene rings is 1. The van der Waals surface area contributed by atoms with Crippen molar-refractivity contribution in [3.8, 4) is 11.3 Å². The van der Waals surface area contributed by atoms with Gasteiger partial charge in [0, 0.05) is 22.0 Å². The third-order valence-electron chi connectivity index (χ3n) is 7.53. The van der Waals surface area contributed by atoms with E-state index in [9.17, 15) is 0 Å². The van der Waals surface area contributed by atoms with Crippen LogP contribution in [0.4, 0.5) is 0 Å². The third kappa shape index (κ3) is 2.43. The lowest BCUT2D eigenvalue weighted by Gasteiger charge is -2.54. The van der Waals surface area contributed by atoms with Gasteiger partial charge >= 0.3 is 0 Å². The Bertz CT molecular complexity index is 1240. The second-order valence-electron chi connectivity index (χ2n) is 9.76. The van der Waals surface area contributed by atoms with Crippen LogP contribution in [0.15, 0.2) is 18.6 Å². The summed E-state index contributed by atoms with van der Waals surface area (Å²) >= 11 is 2.01. The molecule has 0 aliphatic heterocycles. The van der Waals surface area contributed by atoms with Gasteiger partial charge in [-0.1, -0.05) is 20.3 Å². The van der Waals surface area contributed by atoms with Crippen molar-refractivity contribution in [3.05, 3.63) is 40.2 Å². The van der Waals surface area contributed by atoms with Gasteiger partial charge in [0.15, 0.2) is 5.65 Å². The van der Waals surface area contributed by atoms with E-state index in [2.05, 4.69) is 55.0 Å². The van der Waals surface area contributed by atoms with Crippen LogP contribution in [0, 0.1) is 19.3 Å². The van der Waals surface area contributed by atoms with Crippen molar-refractivity contribution in [3.63, 3.8) is 0 Å². The van der Waals surface area contributed by atoms with Gasteiger partial charge in [-0.05, 0) is 79.5 Å². The van der Waals surface area contributed by atoms with Gasteiger partial charge in [-0.15, -0.1) is 11.3 Å². The monoisotopic (exact) mass is 404 g/mol. The average molecular weight is 405 g/mol. The summed E-state index contributed by atoms with van der Waals surface area (Å²) in [5.41, 5.74) is 8.24.